The van der Waals surface area contributed by atoms with Gasteiger partial charge in [0.2, 0.25) is 5.91 Å². The van der Waals surface area contributed by atoms with Crippen LogP contribution in [0.1, 0.15) is 11.3 Å². The van der Waals surface area contributed by atoms with Gasteiger partial charge in [-0.15, -0.1) is 11.3 Å². The molecule has 0 unspecified atom stereocenters. The lowest BCUT2D eigenvalue weighted by Crippen LogP contribution is -2.09. The fraction of sp³-hybridized carbons (Fsp3) is 0.176. The molecule has 2 heterocycles. The number of halogens is 1. The zero-order chi connectivity index (χ0) is 18.0. The second-order valence-electron chi connectivity index (χ2n) is 5.19. The van der Waals surface area contributed by atoms with E-state index < -0.39 is 0 Å². The minimum absolute atomic E-state index is 0.281. The number of fused-ring (bicyclic) bond motifs is 1. The van der Waals surface area contributed by atoms with Crippen LogP contribution in [0.4, 0.5) is 5.69 Å². The SMILES string of the molecule is COc1cc(C)c(NC(=O)/C=C/c2c(Cl)nc3sccn23)cc1OC. The first kappa shape index (κ1) is 17.3. The smallest absolute Gasteiger partial charge is 0.248 e. The van der Waals surface area contributed by atoms with Gasteiger partial charge in [-0.3, -0.25) is 9.20 Å². The molecule has 3 rings (SSSR count). The maximum Gasteiger partial charge on any atom is 0.248 e. The van der Waals surface area contributed by atoms with Gasteiger partial charge in [-0.2, -0.15) is 0 Å². The fourth-order valence-corrected chi connectivity index (χ4v) is 3.38. The van der Waals surface area contributed by atoms with Crippen LogP contribution in [0.3, 0.4) is 0 Å². The van der Waals surface area contributed by atoms with Gasteiger partial charge in [0.15, 0.2) is 21.6 Å². The number of nitrogens with one attached hydrogen (secondary N) is 1. The van der Waals surface area contributed by atoms with Gasteiger partial charge in [-0.05, 0) is 24.6 Å². The number of hydrogen-bond acceptors (Lipinski definition) is 5. The Kier molecular flexibility index (Phi) is 4.96. The summed E-state index contributed by atoms with van der Waals surface area (Å²) in [5, 5.41) is 5.09. The lowest BCUT2D eigenvalue weighted by molar-refractivity contribution is -0.111. The average molecular weight is 378 g/mol. The molecule has 3 aromatic rings. The van der Waals surface area contributed by atoms with Crippen LogP contribution in [-0.4, -0.2) is 29.5 Å². The van der Waals surface area contributed by atoms with E-state index >= 15 is 0 Å². The van der Waals surface area contributed by atoms with E-state index in [0.29, 0.717) is 28.0 Å². The number of nitrogens with zero attached hydrogens (tertiary/aromatic N) is 2. The number of hydrogen-bond donors (Lipinski definition) is 1. The number of benzene rings is 1. The fourth-order valence-electron chi connectivity index (χ4n) is 2.37. The topological polar surface area (TPSA) is 64.9 Å². The number of aryl methyl sites for hydroxylation is 1. The van der Waals surface area contributed by atoms with Gasteiger partial charge in [0.25, 0.3) is 0 Å². The van der Waals surface area contributed by atoms with Crippen LogP contribution in [0.5, 0.6) is 11.5 Å². The Bertz CT molecular complexity index is 962. The predicted octanol–water partition coefficient (Wildman–Crippen LogP) is 4.03. The van der Waals surface area contributed by atoms with Crippen LogP contribution in [0, 0.1) is 6.92 Å². The van der Waals surface area contributed by atoms with Crippen LogP contribution < -0.4 is 14.8 Å². The zero-order valence-corrected chi connectivity index (χ0v) is 15.4. The molecule has 0 spiro atoms. The third-order valence-corrected chi connectivity index (χ3v) is 4.67. The summed E-state index contributed by atoms with van der Waals surface area (Å²) >= 11 is 7.59. The van der Waals surface area contributed by atoms with Crippen molar-refractivity contribution in [2.75, 3.05) is 19.5 Å². The maximum atomic E-state index is 12.3. The molecule has 0 bridgehead atoms. The van der Waals surface area contributed by atoms with Crippen molar-refractivity contribution in [3.63, 3.8) is 0 Å². The highest BCUT2D eigenvalue weighted by Gasteiger charge is 2.11. The molecule has 0 aliphatic carbocycles. The van der Waals surface area contributed by atoms with E-state index in [0.717, 1.165) is 10.5 Å². The molecule has 1 amide bonds. The molecule has 130 valence electrons. The molecule has 1 N–H and O–H groups in total. The first-order valence-corrected chi connectivity index (χ1v) is 8.62. The Morgan fingerprint density at radius 1 is 1.32 bits per heavy atom. The van der Waals surface area contributed by atoms with Gasteiger partial charge in [0.05, 0.1) is 19.9 Å². The van der Waals surface area contributed by atoms with Crippen molar-refractivity contribution < 1.29 is 14.3 Å². The molecule has 25 heavy (non-hydrogen) atoms. The van der Waals surface area contributed by atoms with Crippen molar-refractivity contribution in [1.29, 1.82) is 0 Å². The number of aromatic nitrogens is 2. The highest BCUT2D eigenvalue weighted by atomic mass is 35.5. The van der Waals surface area contributed by atoms with Gasteiger partial charge < -0.3 is 14.8 Å². The number of imidazole rings is 1. The van der Waals surface area contributed by atoms with Crippen LogP contribution in [0.25, 0.3) is 11.0 Å². The average Bonchev–Trinajstić information content (AvgIpc) is 3.15. The van der Waals surface area contributed by atoms with E-state index in [-0.39, 0.29) is 5.91 Å². The molecule has 0 saturated carbocycles. The number of amides is 1. The third kappa shape index (κ3) is 3.47. The molecule has 0 saturated heterocycles. The number of carbonyl (C=O) groups excluding carboxylic acids is 1. The van der Waals surface area contributed by atoms with Crippen molar-refractivity contribution in [2.45, 2.75) is 6.92 Å². The highest BCUT2D eigenvalue weighted by molar-refractivity contribution is 7.15. The zero-order valence-electron chi connectivity index (χ0n) is 13.9. The molecule has 2 aromatic heterocycles. The summed E-state index contributed by atoms with van der Waals surface area (Å²) in [7, 11) is 3.12. The number of ether oxygens (including phenoxy) is 2. The van der Waals surface area contributed by atoms with Crippen molar-refractivity contribution in [2.24, 2.45) is 0 Å². The number of methoxy groups -OCH3 is 2. The van der Waals surface area contributed by atoms with Crippen molar-refractivity contribution >= 4 is 45.6 Å². The largest absolute Gasteiger partial charge is 0.493 e. The van der Waals surface area contributed by atoms with Crippen molar-refractivity contribution in [3.8, 4) is 11.5 Å². The number of rotatable bonds is 5. The van der Waals surface area contributed by atoms with Crippen LogP contribution in [0.15, 0.2) is 29.8 Å². The molecule has 0 atom stereocenters. The molecule has 8 heteroatoms. The first-order valence-electron chi connectivity index (χ1n) is 7.36. The minimum atomic E-state index is -0.281. The second-order valence-corrected chi connectivity index (χ2v) is 6.42. The van der Waals surface area contributed by atoms with Gasteiger partial charge in [0.1, 0.15) is 0 Å². The summed E-state index contributed by atoms with van der Waals surface area (Å²) < 4.78 is 12.3. The van der Waals surface area contributed by atoms with Gasteiger partial charge in [0, 0.05) is 29.4 Å². The quantitative estimate of drug-likeness (QED) is 0.682. The monoisotopic (exact) mass is 377 g/mol. The predicted molar refractivity (Wildman–Crippen MR) is 100 cm³/mol. The summed E-state index contributed by atoms with van der Waals surface area (Å²) in [6.07, 6.45) is 4.92. The summed E-state index contributed by atoms with van der Waals surface area (Å²) in [5.41, 5.74) is 2.17. The van der Waals surface area contributed by atoms with E-state index in [1.165, 1.54) is 17.4 Å². The molecule has 0 radical (unpaired) electrons. The van der Waals surface area contributed by atoms with Gasteiger partial charge >= 0.3 is 0 Å². The standard InChI is InChI=1S/C17H16ClN3O3S/c1-10-8-13(23-2)14(24-3)9-11(10)19-15(22)5-4-12-16(18)20-17-21(12)6-7-25-17/h4-9H,1-3H3,(H,19,22)/b5-4+. The second kappa shape index (κ2) is 7.16. The number of thiazole rings is 1. The lowest BCUT2D eigenvalue weighted by Gasteiger charge is -2.12. The van der Waals surface area contributed by atoms with E-state index in [4.69, 9.17) is 21.1 Å². The number of anilines is 1. The van der Waals surface area contributed by atoms with Crippen LogP contribution in [0.2, 0.25) is 5.15 Å². The maximum absolute atomic E-state index is 12.3. The van der Waals surface area contributed by atoms with Gasteiger partial charge in [-0.25, -0.2) is 4.98 Å². The Labute approximate surface area is 153 Å². The van der Waals surface area contributed by atoms with E-state index in [1.807, 2.05) is 22.9 Å². The summed E-state index contributed by atoms with van der Waals surface area (Å²) in [5.74, 6) is 0.877. The van der Waals surface area contributed by atoms with Crippen molar-refractivity contribution in [3.05, 3.63) is 46.2 Å². The van der Waals surface area contributed by atoms with Crippen LogP contribution >= 0.6 is 22.9 Å². The Hall–Kier alpha value is -2.51. The normalized spacial score (nSPS) is 11.2. The van der Waals surface area contributed by atoms with Gasteiger partial charge in [-0.1, -0.05) is 11.6 Å². The summed E-state index contributed by atoms with van der Waals surface area (Å²) in [6.45, 7) is 1.88. The lowest BCUT2D eigenvalue weighted by atomic mass is 10.1. The molecular weight excluding hydrogens is 362 g/mol. The Balaban J connectivity index is 1.81. The summed E-state index contributed by atoms with van der Waals surface area (Å²) in [4.78, 5) is 17.3. The molecule has 0 aliphatic rings. The molecule has 0 fully saturated rings. The Morgan fingerprint density at radius 3 is 2.76 bits per heavy atom. The highest BCUT2D eigenvalue weighted by Crippen LogP contribution is 2.33. The van der Waals surface area contributed by atoms with Crippen LogP contribution in [-0.2, 0) is 4.79 Å². The number of carbonyl (C=O) groups is 1. The first-order chi connectivity index (χ1) is 12.0. The molecule has 0 aliphatic heterocycles. The molecule has 1 aromatic carbocycles. The van der Waals surface area contributed by atoms with E-state index in [2.05, 4.69) is 10.3 Å². The Morgan fingerprint density at radius 2 is 2.04 bits per heavy atom. The molecular formula is C17H16ClN3O3S. The third-order valence-electron chi connectivity index (χ3n) is 3.64. The van der Waals surface area contributed by atoms with E-state index in [9.17, 15) is 4.79 Å². The van der Waals surface area contributed by atoms with Crippen molar-refractivity contribution in [1.82, 2.24) is 9.38 Å². The molecule has 6 nitrogen and oxygen atoms in total. The minimum Gasteiger partial charge on any atom is -0.493 e. The summed E-state index contributed by atoms with van der Waals surface area (Å²) in [6, 6.07) is 3.53. The van der Waals surface area contributed by atoms with E-state index in [1.54, 1.807) is 32.4 Å².